The van der Waals surface area contributed by atoms with Crippen LogP contribution in [-0.2, 0) is 15.6 Å². The van der Waals surface area contributed by atoms with Gasteiger partial charge in [-0.05, 0) is 30.2 Å². The molecule has 0 unspecified atom stereocenters. The number of hydrogen-bond acceptors (Lipinski definition) is 3. The monoisotopic (exact) mass is 458 g/mol. The highest BCUT2D eigenvalue weighted by atomic mass is 32.2. The van der Waals surface area contributed by atoms with Crippen LogP contribution in [0.1, 0.15) is 29.5 Å². The molecule has 3 aromatic rings. The van der Waals surface area contributed by atoms with E-state index in [9.17, 15) is 21.6 Å². The van der Waals surface area contributed by atoms with Crippen molar-refractivity contribution in [1.29, 1.82) is 0 Å². The fourth-order valence-corrected chi connectivity index (χ4v) is 5.57. The zero-order chi connectivity index (χ0) is 23.0. The molecule has 3 aromatic carbocycles. The van der Waals surface area contributed by atoms with E-state index >= 15 is 0 Å². The summed E-state index contributed by atoms with van der Waals surface area (Å²) in [5.41, 5.74) is 0.00568. The Bertz CT molecular complexity index is 1230. The van der Waals surface area contributed by atoms with E-state index < -0.39 is 28.2 Å². The summed E-state index contributed by atoms with van der Waals surface area (Å²) in [4.78, 5) is -0.108. The van der Waals surface area contributed by atoms with Crippen molar-refractivity contribution < 1.29 is 21.6 Å². The van der Waals surface area contributed by atoms with E-state index in [1.807, 2.05) is 0 Å². The Hall–Kier alpha value is -3.13. The molecule has 1 aliphatic heterocycles. The third-order valence-electron chi connectivity index (χ3n) is 5.50. The molecule has 1 atom stereocenters. The fraction of sp³-hybridized carbons (Fsp3) is 0.208. The van der Waals surface area contributed by atoms with Crippen LogP contribution in [0.4, 0.5) is 13.2 Å². The molecule has 0 saturated heterocycles. The number of hydrazone groups is 1. The zero-order valence-electron chi connectivity index (χ0n) is 17.3. The smallest absolute Gasteiger partial charge is 0.200 e. The highest BCUT2D eigenvalue weighted by Crippen LogP contribution is 2.48. The number of aryl methyl sites for hydroxylation is 1. The minimum Gasteiger partial charge on any atom is -0.200 e. The molecule has 0 radical (unpaired) electrons. The maximum Gasteiger partial charge on any atom is 0.391 e. The highest BCUT2D eigenvalue weighted by Gasteiger charge is 2.55. The lowest BCUT2D eigenvalue weighted by Gasteiger charge is -2.37. The van der Waals surface area contributed by atoms with E-state index in [1.54, 1.807) is 67.6 Å². The van der Waals surface area contributed by atoms with Crippen LogP contribution in [0.3, 0.4) is 0 Å². The molecule has 8 heteroatoms. The second-order valence-electron chi connectivity index (χ2n) is 7.84. The number of halogens is 3. The minimum atomic E-state index is -4.63. The molecule has 166 valence electrons. The van der Waals surface area contributed by atoms with Crippen LogP contribution < -0.4 is 0 Å². The predicted octanol–water partition coefficient (Wildman–Crippen LogP) is 5.64. The summed E-state index contributed by atoms with van der Waals surface area (Å²) in [5.74, 6) is 0. The standard InChI is InChI=1S/C24H21F3N2O2S/c1-18-12-14-21(15-13-18)32(30,31)29-23(17-24(25,26)27,20-10-6-3-7-11-20)16-22(28-29)19-8-4-2-5-9-19/h2-15H,16-17H2,1H3/t23-/m0/s1. The third-order valence-corrected chi connectivity index (χ3v) is 7.25. The van der Waals surface area contributed by atoms with Crippen LogP contribution in [0.5, 0.6) is 0 Å². The Kier molecular flexibility index (Phi) is 5.58. The van der Waals surface area contributed by atoms with Gasteiger partial charge in [-0.3, -0.25) is 0 Å². The first-order valence-electron chi connectivity index (χ1n) is 9.99. The molecular weight excluding hydrogens is 437 g/mol. The molecule has 4 rings (SSSR count). The van der Waals surface area contributed by atoms with E-state index in [-0.39, 0.29) is 22.6 Å². The molecule has 0 fully saturated rings. The van der Waals surface area contributed by atoms with Crippen molar-refractivity contribution in [1.82, 2.24) is 4.41 Å². The van der Waals surface area contributed by atoms with Gasteiger partial charge in [-0.25, -0.2) is 0 Å². The molecular formula is C24H21F3N2O2S. The van der Waals surface area contributed by atoms with Gasteiger partial charge in [0, 0.05) is 6.42 Å². The first kappa shape index (κ1) is 22.1. The Morgan fingerprint density at radius 2 is 1.47 bits per heavy atom. The van der Waals surface area contributed by atoms with Crippen molar-refractivity contribution in [3.05, 3.63) is 102 Å². The minimum absolute atomic E-state index is 0.108. The van der Waals surface area contributed by atoms with Crippen molar-refractivity contribution in [3.8, 4) is 0 Å². The first-order chi connectivity index (χ1) is 15.1. The van der Waals surface area contributed by atoms with E-state index in [0.717, 1.165) is 5.56 Å². The van der Waals surface area contributed by atoms with Crippen LogP contribution >= 0.6 is 0 Å². The topological polar surface area (TPSA) is 49.7 Å². The van der Waals surface area contributed by atoms with Crippen LogP contribution in [0.2, 0.25) is 0 Å². The summed E-state index contributed by atoms with van der Waals surface area (Å²) in [6.45, 7) is 1.80. The van der Waals surface area contributed by atoms with Crippen LogP contribution in [0, 0.1) is 6.92 Å². The van der Waals surface area contributed by atoms with Crippen molar-refractivity contribution in [2.75, 3.05) is 0 Å². The summed E-state index contributed by atoms with van der Waals surface area (Å²) in [7, 11) is -4.38. The molecule has 0 bridgehead atoms. The maximum atomic E-state index is 13.9. The molecule has 4 nitrogen and oxygen atoms in total. The van der Waals surface area contributed by atoms with Crippen molar-refractivity contribution in [2.45, 2.75) is 36.4 Å². The van der Waals surface area contributed by atoms with Crippen LogP contribution in [0.25, 0.3) is 0 Å². The summed E-state index contributed by atoms with van der Waals surface area (Å²) >= 11 is 0. The Labute approximate surface area is 185 Å². The van der Waals surface area contributed by atoms with Gasteiger partial charge < -0.3 is 0 Å². The first-order valence-corrected chi connectivity index (χ1v) is 11.4. The van der Waals surface area contributed by atoms with Gasteiger partial charge in [0.15, 0.2) is 0 Å². The van der Waals surface area contributed by atoms with Gasteiger partial charge in [0.1, 0.15) is 5.54 Å². The van der Waals surface area contributed by atoms with Gasteiger partial charge in [-0.15, -0.1) is 0 Å². The molecule has 0 aliphatic carbocycles. The highest BCUT2D eigenvalue weighted by molar-refractivity contribution is 7.89. The van der Waals surface area contributed by atoms with Crippen molar-refractivity contribution in [3.63, 3.8) is 0 Å². The number of alkyl halides is 3. The van der Waals surface area contributed by atoms with Crippen LogP contribution in [-0.4, -0.2) is 24.7 Å². The number of rotatable bonds is 5. The van der Waals surface area contributed by atoms with Gasteiger partial charge >= 0.3 is 6.18 Å². The molecule has 32 heavy (non-hydrogen) atoms. The quantitative estimate of drug-likeness (QED) is 0.497. The molecule has 1 heterocycles. The Morgan fingerprint density at radius 1 is 0.906 bits per heavy atom. The summed E-state index contributed by atoms with van der Waals surface area (Å²) in [5, 5.41) is 4.30. The van der Waals surface area contributed by atoms with E-state index in [0.29, 0.717) is 9.98 Å². The average molecular weight is 459 g/mol. The maximum absolute atomic E-state index is 13.9. The van der Waals surface area contributed by atoms with E-state index in [1.165, 1.54) is 24.3 Å². The lowest BCUT2D eigenvalue weighted by Crippen LogP contribution is -2.46. The van der Waals surface area contributed by atoms with Crippen molar-refractivity contribution in [2.24, 2.45) is 5.10 Å². The summed E-state index contributed by atoms with van der Waals surface area (Å²) in [6.07, 6.45) is -6.20. The predicted molar refractivity (Wildman–Crippen MR) is 117 cm³/mol. The fourth-order valence-electron chi connectivity index (χ4n) is 3.99. The third kappa shape index (κ3) is 4.14. The largest absolute Gasteiger partial charge is 0.391 e. The lowest BCUT2D eigenvalue weighted by atomic mass is 9.82. The number of hydrogen-bond donors (Lipinski definition) is 0. The summed E-state index contributed by atoms with van der Waals surface area (Å²) < 4.78 is 69.7. The van der Waals surface area contributed by atoms with Gasteiger partial charge in [0.25, 0.3) is 10.0 Å². The zero-order valence-corrected chi connectivity index (χ0v) is 18.1. The van der Waals surface area contributed by atoms with Crippen LogP contribution in [0.15, 0.2) is 94.9 Å². The summed E-state index contributed by atoms with van der Waals surface area (Å²) in [6, 6.07) is 22.6. The molecule has 0 N–H and O–H groups in total. The molecule has 0 spiro atoms. The van der Waals surface area contributed by atoms with E-state index in [2.05, 4.69) is 5.10 Å². The number of nitrogens with zero attached hydrogens (tertiary/aromatic N) is 2. The number of benzene rings is 3. The van der Waals surface area contributed by atoms with Gasteiger partial charge in [-0.1, -0.05) is 78.4 Å². The normalized spacial score (nSPS) is 19.1. The number of sulfonamides is 1. The Morgan fingerprint density at radius 3 is 2.03 bits per heavy atom. The lowest BCUT2D eigenvalue weighted by molar-refractivity contribution is -0.156. The van der Waals surface area contributed by atoms with Gasteiger partial charge in [0.05, 0.1) is 17.0 Å². The second kappa shape index (κ2) is 8.09. The van der Waals surface area contributed by atoms with Crippen molar-refractivity contribution >= 4 is 15.7 Å². The molecule has 0 amide bonds. The molecule has 1 aliphatic rings. The molecule has 0 saturated carbocycles. The SMILES string of the molecule is Cc1ccc(S(=O)(=O)N2N=C(c3ccccc3)C[C@]2(CC(F)(F)F)c2ccccc2)cc1. The van der Waals surface area contributed by atoms with E-state index in [4.69, 9.17) is 0 Å². The van der Waals surface area contributed by atoms with Gasteiger partial charge in [-0.2, -0.15) is 31.1 Å². The van der Waals surface area contributed by atoms with Gasteiger partial charge in [0.2, 0.25) is 0 Å². The Balaban J connectivity index is 1.95. The molecule has 0 aromatic heterocycles. The second-order valence-corrected chi connectivity index (χ2v) is 9.61. The average Bonchev–Trinajstić information content (AvgIpc) is 3.15.